The maximum Gasteiger partial charge on any atom is 0.345 e. The fraction of sp³-hybridized carbons (Fsp3) is 0.625. The van der Waals surface area contributed by atoms with Crippen molar-refractivity contribution in [3.8, 4) is 0 Å². The Hall–Kier alpha value is -1.37. The highest BCUT2D eigenvalue weighted by Gasteiger charge is 2.35. The smallest absolute Gasteiger partial charge is 0.345 e. The van der Waals surface area contributed by atoms with Crippen molar-refractivity contribution in [1.82, 2.24) is 14.8 Å². The van der Waals surface area contributed by atoms with E-state index in [0.29, 0.717) is 12.8 Å². The number of rotatable bonds is 4. The third kappa shape index (κ3) is 1.63. The van der Waals surface area contributed by atoms with Crippen LogP contribution in [0.1, 0.15) is 26.7 Å². The van der Waals surface area contributed by atoms with E-state index >= 15 is 0 Å². The zero-order chi connectivity index (χ0) is 11.6. The summed E-state index contributed by atoms with van der Waals surface area (Å²) in [6.07, 6.45) is 0.999. The fourth-order valence-corrected chi connectivity index (χ4v) is 2.10. The minimum atomic E-state index is -0.875. The quantitative estimate of drug-likeness (QED) is 0.617. The van der Waals surface area contributed by atoms with E-state index < -0.39 is 16.9 Å². The lowest BCUT2D eigenvalue weighted by Crippen LogP contribution is -2.52. The molecule has 0 radical (unpaired) electrons. The second-order valence-electron chi connectivity index (χ2n) is 3.30. The van der Waals surface area contributed by atoms with E-state index in [4.69, 9.17) is 18.0 Å². The maximum atomic E-state index is 11.5. The van der Waals surface area contributed by atoms with Crippen LogP contribution in [0.2, 0.25) is 0 Å². The molecule has 15 heavy (non-hydrogen) atoms. The molecule has 0 unspecified atom stereocenters. The topological polar surface area (TPSA) is 96.7 Å². The van der Waals surface area contributed by atoms with Gasteiger partial charge in [0.05, 0.1) is 4.99 Å². The van der Waals surface area contributed by atoms with Crippen LogP contribution in [0.25, 0.3) is 0 Å². The standard InChI is InChI=1S/C8H14N4O2S/c1-3-8(4-2,5(9)15)12-6(13)10-11-7(12)14/h3-4H2,1-2H3,(H2,9,15)(H,10,13)(H,11,14). The highest BCUT2D eigenvalue weighted by Crippen LogP contribution is 2.22. The van der Waals surface area contributed by atoms with Gasteiger partial charge in [0, 0.05) is 0 Å². The molecule has 0 saturated carbocycles. The van der Waals surface area contributed by atoms with E-state index in [1.807, 2.05) is 13.8 Å². The summed E-state index contributed by atoms with van der Waals surface area (Å²) < 4.78 is 1.05. The first-order chi connectivity index (χ1) is 6.99. The summed E-state index contributed by atoms with van der Waals surface area (Å²) in [7, 11) is 0. The monoisotopic (exact) mass is 230 g/mol. The Morgan fingerprint density at radius 2 is 1.73 bits per heavy atom. The largest absolute Gasteiger partial charge is 0.391 e. The van der Waals surface area contributed by atoms with Crippen LogP contribution in [0.3, 0.4) is 0 Å². The minimum absolute atomic E-state index is 0.153. The van der Waals surface area contributed by atoms with E-state index in [-0.39, 0.29) is 4.99 Å². The molecule has 1 rings (SSSR count). The van der Waals surface area contributed by atoms with Gasteiger partial charge in [-0.05, 0) is 12.8 Å². The van der Waals surface area contributed by atoms with Gasteiger partial charge >= 0.3 is 11.4 Å². The summed E-state index contributed by atoms with van der Waals surface area (Å²) in [5.74, 6) is 0. The Kier molecular flexibility index (Phi) is 3.13. The van der Waals surface area contributed by atoms with Crippen LogP contribution in [0, 0.1) is 0 Å². The van der Waals surface area contributed by atoms with Crippen LogP contribution in [0.4, 0.5) is 0 Å². The van der Waals surface area contributed by atoms with Gasteiger partial charge in [-0.25, -0.2) is 24.4 Å². The SMILES string of the molecule is CCC(CC)(C(N)=S)n1c(=O)[nH][nH]c1=O. The number of nitrogens with two attached hydrogens (primary N) is 1. The lowest BCUT2D eigenvalue weighted by atomic mass is 9.92. The summed E-state index contributed by atoms with van der Waals surface area (Å²) >= 11 is 4.95. The predicted molar refractivity (Wildman–Crippen MR) is 61.0 cm³/mol. The van der Waals surface area contributed by atoms with Gasteiger partial charge in [-0.2, -0.15) is 0 Å². The van der Waals surface area contributed by atoms with Crippen LogP contribution < -0.4 is 17.1 Å². The average Bonchev–Trinajstić information content (AvgIpc) is 2.52. The van der Waals surface area contributed by atoms with Gasteiger partial charge in [0.25, 0.3) is 0 Å². The van der Waals surface area contributed by atoms with Crippen molar-refractivity contribution in [2.24, 2.45) is 5.73 Å². The minimum Gasteiger partial charge on any atom is -0.391 e. The molecule has 0 bridgehead atoms. The Morgan fingerprint density at radius 3 is 2.00 bits per heavy atom. The van der Waals surface area contributed by atoms with E-state index in [9.17, 15) is 9.59 Å². The molecule has 0 atom stereocenters. The van der Waals surface area contributed by atoms with Gasteiger partial charge < -0.3 is 5.73 Å². The Morgan fingerprint density at radius 1 is 1.33 bits per heavy atom. The second kappa shape index (κ2) is 4.01. The van der Waals surface area contributed by atoms with E-state index in [2.05, 4.69) is 10.2 Å². The Balaban J connectivity index is 3.53. The molecule has 0 aliphatic rings. The normalized spacial score (nSPS) is 11.6. The maximum absolute atomic E-state index is 11.5. The van der Waals surface area contributed by atoms with Gasteiger partial charge in [-0.1, -0.05) is 26.1 Å². The molecule has 1 aromatic heterocycles. The number of aromatic amines is 2. The van der Waals surface area contributed by atoms with Gasteiger partial charge in [0.1, 0.15) is 5.54 Å². The number of hydrogen-bond acceptors (Lipinski definition) is 3. The van der Waals surface area contributed by atoms with Crippen molar-refractivity contribution < 1.29 is 0 Å². The lowest BCUT2D eigenvalue weighted by molar-refractivity contribution is 0.358. The predicted octanol–water partition coefficient (Wildman–Crippen LogP) is -0.334. The van der Waals surface area contributed by atoms with Crippen LogP contribution in [0.5, 0.6) is 0 Å². The summed E-state index contributed by atoms with van der Waals surface area (Å²) in [5.41, 5.74) is 3.72. The Labute approximate surface area is 91.5 Å². The van der Waals surface area contributed by atoms with Gasteiger partial charge in [0.15, 0.2) is 0 Å². The third-order valence-electron chi connectivity index (χ3n) is 2.74. The summed E-state index contributed by atoms with van der Waals surface area (Å²) in [5, 5.41) is 4.44. The Bertz CT molecular complexity index is 438. The second-order valence-corrected chi connectivity index (χ2v) is 3.74. The third-order valence-corrected chi connectivity index (χ3v) is 3.12. The van der Waals surface area contributed by atoms with Gasteiger partial charge in [0.2, 0.25) is 0 Å². The number of thiocarbonyl (C=S) groups is 1. The molecular formula is C8H14N4O2S. The highest BCUT2D eigenvalue weighted by molar-refractivity contribution is 7.80. The summed E-state index contributed by atoms with van der Waals surface area (Å²) in [6, 6.07) is 0. The molecule has 0 aliphatic heterocycles. The molecule has 0 spiro atoms. The molecule has 7 heteroatoms. The molecule has 0 amide bonds. The number of hydrogen-bond donors (Lipinski definition) is 3. The van der Waals surface area contributed by atoms with Crippen molar-refractivity contribution in [3.63, 3.8) is 0 Å². The molecule has 1 aromatic rings. The first-order valence-corrected chi connectivity index (χ1v) is 5.10. The van der Waals surface area contributed by atoms with Crippen LogP contribution in [-0.4, -0.2) is 19.8 Å². The van der Waals surface area contributed by atoms with Gasteiger partial charge in [-0.15, -0.1) is 0 Å². The summed E-state index contributed by atoms with van der Waals surface area (Å²) in [4.78, 5) is 23.1. The number of H-pyrrole nitrogens is 2. The highest BCUT2D eigenvalue weighted by atomic mass is 32.1. The molecule has 6 nitrogen and oxygen atoms in total. The number of aromatic nitrogens is 3. The molecule has 1 heterocycles. The number of nitrogens with zero attached hydrogens (tertiary/aromatic N) is 1. The lowest BCUT2D eigenvalue weighted by Gasteiger charge is -2.29. The summed E-state index contributed by atoms with van der Waals surface area (Å²) in [6.45, 7) is 3.67. The zero-order valence-electron chi connectivity index (χ0n) is 8.66. The van der Waals surface area contributed by atoms with Crippen molar-refractivity contribution in [2.75, 3.05) is 0 Å². The van der Waals surface area contributed by atoms with E-state index in [1.165, 1.54) is 0 Å². The zero-order valence-corrected chi connectivity index (χ0v) is 9.48. The van der Waals surface area contributed by atoms with Crippen LogP contribution in [-0.2, 0) is 5.54 Å². The van der Waals surface area contributed by atoms with Crippen molar-refractivity contribution in [3.05, 3.63) is 21.0 Å². The molecule has 0 saturated heterocycles. The molecular weight excluding hydrogens is 216 g/mol. The van der Waals surface area contributed by atoms with Crippen molar-refractivity contribution >= 4 is 17.2 Å². The van der Waals surface area contributed by atoms with Crippen LogP contribution in [0.15, 0.2) is 9.59 Å². The first-order valence-electron chi connectivity index (χ1n) is 4.69. The van der Waals surface area contributed by atoms with E-state index in [0.717, 1.165) is 4.57 Å². The first kappa shape index (κ1) is 11.7. The molecule has 0 aromatic carbocycles. The molecule has 0 aliphatic carbocycles. The molecule has 84 valence electrons. The van der Waals surface area contributed by atoms with E-state index in [1.54, 1.807) is 0 Å². The van der Waals surface area contributed by atoms with Crippen LogP contribution >= 0.6 is 12.2 Å². The number of nitrogens with one attached hydrogen (secondary N) is 2. The molecule has 0 fully saturated rings. The fourth-order valence-electron chi connectivity index (χ4n) is 1.72. The van der Waals surface area contributed by atoms with Crippen molar-refractivity contribution in [2.45, 2.75) is 32.2 Å². The van der Waals surface area contributed by atoms with Gasteiger partial charge in [-0.3, -0.25) is 0 Å². The molecule has 4 N–H and O–H groups in total. The van der Waals surface area contributed by atoms with Crippen molar-refractivity contribution in [1.29, 1.82) is 0 Å². The average molecular weight is 230 g/mol.